The van der Waals surface area contributed by atoms with Gasteiger partial charge in [0.05, 0.1) is 6.61 Å². The molecule has 6 heteroatoms. The van der Waals surface area contributed by atoms with E-state index < -0.39 is 13.0 Å². The molecule has 0 radical (unpaired) electrons. The van der Waals surface area contributed by atoms with Crippen molar-refractivity contribution in [2.45, 2.75) is 13.0 Å². The lowest BCUT2D eigenvalue weighted by molar-refractivity contribution is 0.146. The molecule has 13 heavy (non-hydrogen) atoms. The van der Waals surface area contributed by atoms with E-state index in [9.17, 15) is 8.78 Å². The number of aliphatic hydroxyl groups excluding tert-OH is 1. The summed E-state index contributed by atoms with van der Waals surface area (Å²) in [6, 6.07) is 0. The van der Waals surface area contributed by atoms with E-state index in [2.05, 4.69) is 20.9 Å². The van der Waals surface area contributed by atoms with Crippen LogP contribution in [-0.2, 0) is 6.61 Å². The summed E-state index contributed by atoms with van der Waals surface area (Å²) in [7, 11) is 0. The van der Waals surface area contributed by atoms with E-state index in [1.54, 1.807) is 0 Å². The molecule has 0 aromatic carbocycles. The molecule has 0 aliphatic rings. The number of halogens is 4. The minimum Gasteiger partial charge on any atom is -0.392 e. The highest BCUT2D eigenvalue weighted by Gasteiger charge is 2.19. The van der Waals surface area contributed by atoms with Crippen LogP contribution in [0.1, 0.15) is 17.6 Å². The van der Waals surface area contributed by atoms with E-state index >= 15 is 0 Å². The highest BCUT2D eigenvalue weighted by molar-refractivity contribution is 14.1. The topological polar surface area (TPSA) is 33.1 Å². The maximum absolute atomic E-state index is 12.5. The van der Waals surface area contributed by atoms with Gasteiger partial charge in [-0.15, -0.1) is 0 Å². The summed E-state index contributed by atoms with van der Waals surface area (Å²) in [5.41, 5.74) is 0.00637. The molecule has 0 saturated heterocycles. The molecular weight excluding hydrogens is 359 g/mol. The number of alkyl halides is 2. The van der Waals surface area contributed by atoms with Crippen LogP contribution in [0.5, 0.6) is 0 Å². The SMILES string of the molecule is OCc1c(I)ncc(Br)c1C(F)F. The Morgan fingerprint density at radius 1 is 1.62 bits per heavy atom. The third-order valence-corrected chi connectivity index (χ3v) is 3.06. The van der Waals surface area contributed by atoms with Crippen molar-refractivity contribution in [2.24, 2.45) is 0 Å². The lowest BCUT2D eigenvalue weighted by atomic mass is 10.1. The van der Waals surface area contributed by atoms with Crippen LogP contribution in [-0.4, -0.2) is 10.1 Å². The van der Waals surface area contributed by atoms with Crippen molar-refractivity contribution >= 4 is 38.5 Å². The minimum atomic E-state index is -2.60. The number of hydrogen-bond acceptors (Lipinski definition) is 2. The zero-order valence-corrected chi connectivity index (χ0v) is 10.0. The number of rotatable bonds is 2. The summed E-state index contributed by atoms with van der Waals surface area (Å²) >= 11 is 4.78. The Morgan fingerprint density at radius 2 is 2.23 bits per heavy atom. The van der Waals surface area contributed by atoms with Crippen LogP contribution >= 0.6 is 38.5 Å². The molecule has 0 atom stereocenters. The Morgan fingerprint density at radius 3 is 2.62 bits per heavy atom. The average Bonchev–Trinajstić information content (AvgIpc) is 2.07. The summed E-state index contributed by atoms with van der Waals surface area (Å²) in [6.07, 6.45) is -1.30. The zero-order chi connectivity index (χ0) is 10.0. The monoisotopic (exact) mass is 363 g/mol. The van der Waals surface area contributed by atoms with E-state index in [1.165, 1.54) is 6.20 Å². The summed E-state index contributed by atoms with van der Waals surface area (Å²) in [6.45, 7) is -0.426. The van der Waals surface area contributed by atoms with Gasteiger partial charge in [-0.2, -0.15) is 0 Å². The molecule has 72 valence electrons. The van der Waals surface area contributed by atoms with Gasteiger partial charge in [-0.25, -0.2) is 13.8 Å². The highest BCUT2D eigenvalue weighted by Crippen LogP contribution is 2.31. The van der Waals surface area contributed by atoms with Gasteiger partial charge < -0.3 is 5.11 Å². The first-order chi connectivity index (χ1) is 6.07. The number of nitrogens with zero attached hydrogens (tertiary/aromatic N) is 1. The van der Waals surface area contributed by atoms with Crippen molar-refractivity contribution in [1.29, 1.82) is 0 Å². The molecule has 1 aromatic heterocycles. The van der Waals surface area contributed by atoms with Gasteiger partial charge in [0, 0.05) is 21.8 Å². The van der Waals surface area contributed by atoms with E-state index in [-0.39, 0.29) is 15.6 Å². The maximum Gasteiger partial charge on any atom is 0.265 e. The van der Waals surface area contributed by atoms with Crippen molar-refractivity contribution < 1.29 is 13.9 Å². The molecule has 1 aromatic rings. The van der Waals surface area contributed by atoms with Crippen molar-refractivity contribution in [3.8, 4) is 0 Å². The number of aromatic nitrogens is 1. The van der Waals surface area contributed by atoms with Crippen LogP contribution in [0.3, 0.4) is 0 Å². The first-order valence-electron chi connectivity index (χ1n) is 3.29. The number of aliphatic hydroxyl groups is 1. The Labute approximate surface area is 95.6 Å². The molecule has 1 heterocycles. The molecule has 0 saturated carbocycles. The van der Waals surface area contributed by atoms with Gasteiger partial charge in [0.1, 0.15) is 3.70 Å². The Kier molecular flexibility index (Phi) is 3.99. The first kappa shape index (κ1) is 11.3. The van der Waals surface area contributed by atoms with Gasteiger partial charge in [-0.3, -0.25) is 0 Å². The Bertz CT molecular complexity index is 322. The fourth-order valence-corrected chi connectivity index (χ4v) is 2.02. The fourth-order valence-electron chi connectivity index (χ4n) is 0.902. The first-order valence-corrected chi connectivity index (χ1v) is 5.17. The van der Waals surface area contributed by atoms with Crippen LogP contribution < -0.4 is 0 Å². The predicted molar refractivity (Wildman–Crippen MR) is 55.5 cm³/mol. The lowest BCUT2D eigenvalue weighted by Gasteiger charge is -2.09. The third kappa shape index (κ3) is 2.35. The van der Waals surface area contributed by atoms with Crippen LogP contribution in [0.25, 0.3) is 0 Å². The molecule has 0 fully saturated rings. The van der Waals surface area contributed by atoms with Gasteiger partial charge in [-0.05, 0) is 38.5 Å². The number of hydrogen-bond donors (Lipinski definition) is 1. The largest absolute Gasteiger partial charge is 0.392 e. The average molecular weight is 364 g/mol. The maximum atomic E-state index is 12.5. The minimum absolute atomic E-state index is 0.179. The second-order valence-corrected chi connectivity index (χ2v) is 4.12. The second-order valence-electron chi connectivity index (χ2n) is 2.25. The van der Waals surface area contributed by atoms with Gasteiger partial charge in [-0.1, -0.05) is 0 Å². The number of pyridine rings is 1. The van der Waals surface area contributed by atoms with Gasteiger partial charge >= 0.3 is 0 Å². The van der Waals surface area contributed by atoms with Crippen LogP contribution in [0.2, 0.25) is 0 Å². The quantitative estimate of drug-likeness (QED) is 0.647. The normalized spacial score (nSPS) is 10.9. The molecule has 1 N–H and O–H groups in total. The van der Waals surface area contributed by atoms with Crippen LogP contribution in [0, 0.1) is 3.70 Å². The van der Waals surface area contributed by atoms with E-state index in [4.69, 9.17) is 5.11 Å². The zero-order valence-electron chi connectivity index (χ0n) is 6.27. The molecule has 0 bridgehead atoms. The molecule has 0 spiro atoms. The van der Waals surface area contributed by atoms with Crippen molar-refractivity contribution in [3.63, 3.8) is 0 Å². The molecule has 0 aliphatic heterocycles. The summed E-state index contributed by atoms with van der Waals surface area (Å²) in [5.74, 6) is 0. The van der Waals surface area contributed by atoms with E-state index in [0.29, 0.717) is 3.70 Å². The van der Waals surface area contributed by atoms with Gasteiger partial charge in [0.15, 0.2) is 0 Å². The summed E-state index contributed by atoms with van der Waals surface area (Å²) < 4.78 is 25.6. The summed E-state index contributed by atoms with van der Waals surface area (Å²) in [5, 5.41) is 8.87. The van der Waals surface area contributed by atoms with Crippen molar-refractivity contribution in [3.05, 3.63) is 25.5 Å². The van der Waals surface area contributed by atoms with Crippen LogP contribution in [0.15, 0.2) is 10.7 Å². The van der Waals surface area contributed by atoms with Crippen molar-refractivity contribution in [1.82, 2.24) is 4.98 Å². The van der Waals surface area contributed by atoms with Crippen molar-refractivity contribution in [2.75, 3.05) is 0 Å². The fraction of sp³-hybridized carbons (Fsp3) is 0.286. The van der Waals surface area contributed by atoms with E-state index in [0.717, 1.165) is 0 Å². The Hall–Kier alpha value is 0.180. The molecular formula is C7H5BrF2INO. The second kappa shape index (κ2) is 4.61. The third-order valence-electron chi connectivity index (χ3n) is 1.50. The molecule has 0 unspecified atom stereocenters. The lowest BCUT2D eigenvalue weighted by Crippen LogP contribution is -2.01. The molecule has 0 aliphatic carbocycles. The molecule has 1 rings (SSSR count). The molecule has 2 nitrogen and oxygen atoms in total. The summed E-state index contributed by atoms with van der Waals surface area (Å²) in [4.78, 5) is 3.84. The smallest absolute Gasteiger partial charge is 0.265 e. The molecule has 0 amide bonds. The van der Waals surface area contributed by atoms with Gasteiger partial charge in [0.25, 0.3) is 6.43 Å². The predicted octanol–water partition coefficient (Wildman–Crippen LogP) is 2.88. The van der Waals surface area contributed by atoms with E-state index in [1.807, 2.05) is 22.6 Å². The highest BCUT2D eigenvalue weighted by atomic mass is 127. The standard InChI is InChI=1S/C7H5BrF2INO/c8-4-1-12-7(11)3(2-13)5(4)6(9)10/h1,6,13H,2H2. The van der Waals surface area contributed by atoms with Gasteiger partial charge in [0.2, 0.25) is 0 Å². The Balaban J connectivity index is 3.35. The van der Waals surface area contributed by atoms with Crippen LogP contribution in [0.4, 0.5) is 8.78 Å².